The van der Waals surface area contributed by atoms with Gasteiger partial charge in [-0.15, -0.1) is 0 Å². The Hall–Kier alpha value is -2.35. The van der Waals surface area contributed by atoms with E-state index in [0.29, 0.717) is 12.4 Å². The first kappa shape index (κ1) is 15.0. The second-order valence-corrected chi connectivity index (χ2v) is 4.12. The third-order valence-corrected chi connectivity index (χ3v) is 2.52. The van der Waals surface area contributed by atoms with E-state index in [4.69, 9.17) is 5.11 Å². The Morgan fingerprint density at radius 1 is 1.19 bits per heavy atom. The summed E-state index contributed by atoms with van der Waals surface area (Å²) in [4.78, 5) is 8.00. The van der Waals surface area contributed by atoms with Crippen molar-refractivity contribution in [1.82, 2.24) is 9.97 Å². The Morgan fingerprint density at radius 2 is 2.00 bits per heavy atom. The number of nitrogens with one attached hydrogen (secondary N) is 2. The van der Waals surface area contributed by atoms with Gasteiger partial charge >= 0.3 is 6.18 Å². The van der Waals surface area contributed by atoms with Crippen LogP contribution in [-0.4, -0.2) is 28.2 Å². The van der Waals surface area contributed by atoms with Gasteiger partial charge in [-0.1, -0.05) is 6.07 Å². The number of aliphatic hydroxyl groups excluding tert-OH is 1. The van der Waals surface area contributed by atoms with Crippen LogP contribution in [-0.2, 0) is 6.18 Å². The van der Waals surface area contributed by atoms with Gasteiger partial charge in [-0.2, -0.15) is 18.2 Å². The number of anilines is 3. The van der Waals surface area contributed by atoms with Crippen molar-refractivity contribution in [2.45, 2.75) is 6.18 Å². The zero-order valence-electron chi connectivity index (χ0n) is 10.9. The quantitative estimate of drug-likeness (QED) is 0.791. The predicted octanol–water partition coefficient (Wildman–Crippen LogP) is 2.64. The van der Waals surface area contributed by atoms with Gasteiger partial charge in [-0.25, -0.2) is 4.98 Å². The number of halogens is 3. The summed E-state index contributed by atoms with van der Waals surface area (Å²) in [5.74, 6) is 0.630. The molecular formula is C13H13F3N4O. The molecule has 0 fully saturated rings. The van der Waals surface area contributed by atoms with Crippen molar-refractivity contribution in [3.63, 3.8) is 0 Å². The highest BCUT2D eigenvalue weighted by molar-refractivity contribution is 5.56. The highest BCUT2D eigenvalue weighted by Gasteiger charge is 2.30. The van der Waals surface area contributed by atoms with Crippen molar-refractivity contribution in [2.24, 2.45) is 0 Å². The Labute approximate surface area is 118 Å². The molecule has 1 heterocycles. The highest BCUT2D eigenvalue weighted by atomic mass is 19.4. The van der Waals surface area contributed by atoms with E-state index < -0.39 is 11.7 Å². The normalized spacial score (nSPS) is 11.2. The largest absolute Gasteiger partial charge is 0.416 e. The lowest BCUT2D eigenvalue weighted by Crippen LogP contribution is -2.08. The van der Waals surface area contributed by atoms with Crippen LogP contribution in [0.1, 0.15) is 5.56 Å². The average Bonchev–Trinajstić information content (AvgIpc) is 2.45. The number of hydrogen-bond donors (Lipinski definition) is 3. The minimum absolute atomic E-state index is 0.0552. The summed E-state index contributed by atoms with van der Waals surface area (Å²) >= 11 is 0. The number of aliphatic hydroxyl groups is 1. The highest BCUT2D eigenvalue weighted by Crippen LogP contribution is 2.31. The average molecular weight is 298 g/mol. The Morgan fingerprint density at radius 3 is 2.71 bits per heavy atom. The van der Waals surface area contributed by atoms with Gasteiger partial charge in [0.25, 0.3) is 0 Å². The van der Waals surface area contributed by atoms with Crippen LogP contribution >= 0.6 is 0 Å². The smallest absolute Gasteiger partial charge is 0.395 e. The fraction of sp³-hybridized carbons (Fsp3) is 0.231. The van der Waals surface area contributed by atoms with E-state index in [-0.39, 0.29) is 18.2 Å². The van der Waals surface area contributed by atoms with E-state index in [2.05, 4.69) is 20.6 Å². The van der Waals surface area contributed by atoms with Crippen molar-refractivity contribution in [2.75, 3.05) is 23.8 Å². The molecule has 0 saturated heterocycles. The molecule has 5 nitrogen and oxygen atoms in total. The third-order valence-electron chi connectivity index (χ3n) is 2.52. The Balaban J connectivity index is 2.14. The Kier molecular flexibility index (Phi) is 4.59. The zero-order valence-corrected chi connectivity index (χ0v) is 10.9. The monoisotopic (exact) mass is 298 g/mol. The molecule has 2 aromatic rings. The maximum Gasteiger partial charge on any atom is 0.416 e. The predicted molar refractivity (Wildman–Crippen MR) is 72.3 cm³/mol. The molecule has 1 aromatic carbocycles. The van der Waals surface area contributed by atoms with Gasteiger partial charge in [0.15, 0.2) is 0 Å². The molecular weight excluding hydrogens is 285 g/mol. The second-order valence-electron chi connectivity index (χ2n) is 4.12. The van der Waals surface area contributed by atoms with Crippen molar-refractivity contribution < 1.29 is 18.3 Å². The molecule has 2 rings (SSSR count). The summed E-state index contributed by atoms with van der Waals surface area (Å²) in [7, 11) is 0. The molecule has 1 aromatic heterocycles. The van der Waals surface area contributed by atoms with E-state index in [1.807, 2.05) is 0 Å². The van der Waals surface area contributed by atoms with Crippen LogP contribution in [0.4, 0.5) is 30.6 Å². The summed E-state index contributed by atoms with van der Waals surface area (Å²) in [5, 5.41) is 14.3. The molecule has 3 N–H and O–H groups in total. The number of benzene rings is 1. The first-order valence-electron chi connectivity index (χ1n) is 6.11. The van der Waals surface area contributed by atoms with Gasteiger partial charge in [0, 0.05) is 18.4 Å². The minimum atomic E-state index is -4.40. The maximum atomic E-state index is 12.6. The van der Waals surface area contributed by atoms with Crippen LogP contribution in [0.15, 0.2) is 36.5 Å². The first-order valence-corrected chi connectivity index (χ1v) is 6.11. The van der Waals surface area contributed by atoms with Crippen LogP contribution in [0, 0.1) is 0 Å². The van der Waals surface area contributed by atoms with Crippen LogP contribution in [0.3, 0.4) is 0 Å². The van der Waals surface area contributed by atoms with Gasteiger partial charge in [-0.3, -0.25) is 0 Å². The molecule has 0 unspecified atom stereocenters. The minimum Gasteiger partial charge on any atom is -0.395 e. The maximum absolute atomic E-state index is 12.6. The molecule has 0 atom stereocenters. The van der Waals surface area contributed by atoms with E-state index in [9.17, 15) is 13.2 Å². The lowest BCUT2D eigenvalue weighted by Gasteiger charge is -2.10. The van der Waals surface area contributed by atoms with Gasteiger partial charge in [0.1, 0.15) is 5.82 Å². The third kappa shape index (κ3) is 4.32. The molecule has 8 heteroatoms. The number of alkyl halides is 3. The number of rotatable bonds is 5. The molecule has 112 valence electrons. The zero-order chi connectivity index (χ0) is 15.3. The van der Waals surface area contributed by atoms with E-state index >= 15 is 0 Å². The SMILES string of the molecule is OCCNc1ccnc(Nc2cccc(C(F)(F)F)c2)n1. The van der Waals surface area contributed by atoms with Crippen molar-refractivity contribution >= 4 is 17.5 Å². The molecule has 0 radical (unpaired) electrons. The van der Waals surface area contributed by atoms with E-state index in [1.54, 1.807) is 6.07 Å². The van der Waals surface area contributed by atoms with Crippen LogP contribution in [0.2, 0.25) is 0 Å². The fourth-order valence-electron chi connectivity index (χ4n) is 1.60. The van der Waals surface area contributed by atoms with Crippen LogP contribution in [0.25, 0.3) is 0 Å². The van der Waals surface area contributed by atoms with Crippen molar-refractivity contribution in [3.05, 3.63) is 42.1 Å². The molecule has 0 saturated carbocycles. The standard InChI is InChI=1S/C13H13F3N4O/c14-13(15,16)9-2-1-3-10(8-9)19-12-18-5-4-11(20-12)17-6-7-21/h1-5,8,21H,6-7H2,(H2,17,18,19,20). The van der Waals surface area contributed by atoms with Crippen molar-refractivity contribution in [1.29, 1.82) is 0 Å². The van der Waals surface area contributed by atoms with Gasteiger partial charge < -0.3 is 15.7 Å². The van der Waals surface area contributed by atoms with Crippen LogP contribution < -0.4 is 10.6 Å². The molecule has 0 spiro atoms. The second kappa shape index (κ2) is 6.40. The molecule has 0 bridgehead atoms. The molecule has 0 aliphatic carbocycles. The fourth-order valence-corrected chi connectivity index (χ4v) is 1.60. The summed E-state index contributed by atoms with van der Waals surface area (Å²) in [5.41, 5.74) is -0.508. The van der Waals surface area contributed by atoms with Gasteiger partial charge in [-0.05, 0) is 24.3 Å². The number of aromatic nitrogens is 2. The summed E-state index contributed by atoms with van der Waals surface area (Å²) < 4.78 is 37.9. The Bertz CT molecular complexity index is 604. The van der Waals surface area contributed by atoms with Crippen LogP contribution in [0.5, 0.6) is 0 Å². The lowest BCUT2D eigenvalue weighted by molar-refractivity contribution is -0.137. The van der Waals surface area contributed by atoms with E-state index in [0.717, 1.165) is 12.1 Å². The number of nitrogens with zero attached hydrogens (tertiary/aromatic N) is 2. The number of hydrogen-bond acceptors (Lipinski definition) is 5. The van der Waals surface area contributed by atoms with E-state index in [1.165, 1.54) is 18.3 Å². The summed E-state index contributed by atoms with van der Waals surface area (Å²) in [6.07, 6.45) is -2.94. The summed E-state index contributed by atoms with van der Waals surface area (Å²) in [6, 6.07) is 6.36. The van der Waals surface area contributed by atoms with Gasteiger partial charge in [0.2, 0.25) is 5.95 Å². The van der Waals surface area contributed by atoms with Gasteiger partial charge in [0.05, 0.1) is 12.2 Å². The topological polar surface area (TPSA) is 70.1 Å². The van der Waals surface area contributed by atoms with Crippen molar-refractivity contribution in [3.8, 4) is 0 Å². The molecule has 0 aliphatic heterocycles. The molecule has 0 aliphatic rings. The molecule has 0 amide bonds. The summed E-state index contributed by atoms with van der Waals surface area (Å²) in [6.45, 7) is 0.264. The molecule has 21 heavy (non-hydrogen) atoms. The first-order chi connectivity index (χ1) is 9.99. The lowest BCUT2D eigenvalue weighted by atomic mass is 10.2.